The Balaban J connectivity index is 1.97. The number of hydrogen-bond acceptors (Lipinski definition) is 3. The molecule has 0 atom stereocenters. The minimum atomic E-state index is -0.932. The number of benzene rings is 1. The van der Waals surface area contributed by atoms with Crippen molar-refractivity contribution >= 4 is 11.9 Å². The number of carbonyl (C=O) groups excluding carboxylic acids is 1. The van der Waals surface area contributed by atoms with Crippen molar-refractivity contribution in [2.75, 3.05) is 13.2 Å². The van der Waals surface area contributed by atoms with E-state index in [4.69, 9.17) is 9.84 Å². The quantitative estimate of drug-likeness (QED) is 0.872. The van der Waals surface area contributed by atoms with Crippen LogP contribution in [-0.2, 0) is 22.6 Å². The molecule has 5 nitrogen and oxygen atoms in total. The topological polar surface area (TPSA) is 66.8 Å². The van der Waals surface area contributed by atoms with Gasteiger partial charge in [0.1, 0.15) is 5.75 Å². The molecule has 2 rings (SSSR count). The molecule has 0 fully saturated rings. The molecule has 21 heavy (non-hydrogen) atoms. The van der Waals surface area contributed by atoms with E-state index < -0.39 is 5.97 Å². The zero-order valence-electron chi connectivity index (χ0n) is 12.3. The molecule has 0 aromatic heterocycles. The molecule has 114 valence electrons. The highest BCUT2D eigenvalue weighted by atomic mass is 16.5. The number of ether oxygens (including phenoxy) is 1. The van der Waals surface area contributed by atoms with Gasteiger partial charge >= 0.3 is 5.97 Å². The first kappa shape index (κ1) is 15.4. The maximum Gasteiger partial charge on any atom is 0.303 e. The number of amides is 1. The second kappa shape index (κ2) is 7.11. The summed E-state index contributed by atoms with van der Waals surface area (Å²) in [7, 11) is 0. The van der Waals surface area contributed by atoms with Gasteiger partial charge in [-0.25, -0.2) is 0 Å². The Morgan fingerprint density at radius 1 is 1.29 bits per heavy atom. The predicted octanol–water partition coefficient (Wildman–Crippen LogP) is 2.22. The van der Waals surface area contributed by atoms with Crippen molar-refractivity contribution in [3.8, 4) is 5.75 Å². The number of aliphatic carboxylic acids is 1. The molecule has 0 saturated carbocycles. The van der Waals surface area contributed by atoms with E-state index >= 15 is 0 Å². The van der Waals surface area contributed by atoms with Crippen LogP contribution in [0.15, 0.2) is 18.2 Å². The third-order valence-electron chi connectivity index (χ3n) is 3.57. The molecule has 5 heteroatoms. The molecule has 0 spiro atoms. The van der Waals surface area contributed by atoms with Crippen LogP contribution in [0.25, 0.3) is 0 Å². The lowest BCUT2D eigenvalue weighted by Gasteiger charge is -2.29. The molecule has 1 heterocycles. The molecule has 0 aliphatic carbocycles. The van der Waals surface area contributed by atoms with Crippen LogP contribution in [0.5, 0.6) is 5.75 Å². The van der Waals surface area contributed by atoms with Crippen LogP contribution in [0.1, 0.15) is 37.3 Å². The summed E-state index contributed by atoms with van der Waals surface area (Å²) < 4.78 is 5.61. The lowest BCUT2D eigenvalue weighted by Crippen LogP contribution is -2.36. The number of carboxylic acids is 1. The summed E-state index contributed by atoms with van der Waals surface area (Å²) in [6.45, 7) is 3.97. The van der Waals surface area contributed by atoms with Crippen molar-refractivity contribution in [3.63, 3.8) is 0 Å². The van der Waals surface area contributed by atoms with Crippen LogP contribution >= 0.6 is 0 Å². The van der Waals surface area contributed by atoms with Gasteiger partial charge in [-0.1, -0.05) is 13.0 Å². The maximum atomic E-state index is 12.0. The molecular formula is C16H21NO4. The van der Waals surface area contributed by atoms with E-state index in [1.54, 1.807) is 4.90 Å². The second-order valence-corrected chi connectivity index (χ2v) is 5.24. The van der Waals surface area contributed by atoms with Crippen LogP contribution in [0.2, 0.25) is 0 Å². The van der Waals surface area contributed by atoms with Crippen LogP contribution < -0.4 is 4.74 Å². The van der Waals surface area contributed by atoms with E-state index in [0.29, 0.717) is 19.7 Å². The molecule has 1 aromatic carbocycles. The summed E-state index contributed by atoms with van der Waals surface area (Å²) in [6.07, 6.45) is 1.73. The zero-order chi connectivity index (χ0) is 15.2. The molecule has 1 aromatic rings. The predicted molar refractivity (Wildman–Crippen MR) is 78.2 cm³/mol. The molecule has 1 aliphatic rings. The van der Waals surface area contributed by atoms with Crippen molar-refractivity contribution in [1.82, 2.24) is 4.90 Å². The third kappa shape index (κ3) is 4.21. The van der Waals surface area contributed by atoms with E-state index in [0.717, 1.165) is 24.2 Å². The van der Waals surface area contributed by atoms with Gasteiger partial charge in [0.2, 0.25) is 5.91 Å². The Bertz CT molecular complexity index is 527. The number of carbonyl (C=O) groups is 2. The van der Waals surface area contributed by atoms with Crippen molar-refractivity contribution in [1.29, 1.82) is 0 Å². The highest BCUT2D eigenvalue weighted by Gasteiger charge is 2.21. The first-order chi connectivity index (χ1) is 10.1. The average molecular weight is 291 g/mol. The standard InChI is InChI=1S/C16H21NO4/c1-2-9-21-14-4-3-13-11-17(8-7-12(13)10-14)15(18)5-6-16(19)20/h3-4,10H,2,5-9,11H2,1H3,(H,19,20). The lowest BCUT2D eigenvalue weighted by atomic mass is 9.99. The Kier molecular flexibility index (Phi) is 5.20. The number of rotatable bonds is 6. The summed E-state index contributed by atoms with van der Waals surface area (Å²) in [5, 5.41) is 8.64. The largest absolute Gasteiger partial charge is 0.494 e. The number of carboxylic acid groups (broad SMARTS) is 1. The summed E-state index contributed by atoms with van der Waals surface area (Å²) in [4.78, 5) is 24.2. The number of hydrogen-bond donors (Lipinski definition) is 1. The van der Waals surface area contributed by atoms with Crippen molar-refractivity contribution in [3.05, 3.63) is 29.3 Å². The molecule has 1 aliphatic heterocycles. The van der Waals surface area contributed by atoms with Gasteiger partial charge < -0.3 is 14.7 Å². The molecule has 0 unspecified atom stereocenters. The Morgan fingerprint density at radius 3 is 2.81 bits per heavy atom. The first-order valence-electron chi connectivity index (χ1n) is 7.34. The van der Waals surface area contributed by atoms with Crippen LogP contribution in [0, 0.1) is 0 Å². The zero-order valence-corrected chi connectivity index (χ0v) is 12.3. The highest BCUT2D eigenvalue weighted by Crippen LogP contribution is 2.24. The van der Waals surface area contributed by atoms with Gasteiger partial charge in [-0.15, -0.1) is 0 Å². The SMILES string of the molecule is CCCOc1ccc2c(c1)CCN(C(=O)CCC(=O)O)C2. The summed E-state index contributed by atoms with van der Waals surface area (Å²) in [5.74, 6) is -0.144. The van der Waals surface area contributed by atoms with E-state index in [2.05, 4.69) is 6.92 Å². The smallest absolute Gasteiger partial charge is 0.303 e. The molecule has 0 radical (unpaired) electrons. The van der Waals surface area contributed by atoms with Gasteiger partial charge in [-0.3, -0.25) is 9.59 Å². The minimum Gasteiger partial charge on any atom is -0.494 e. The fraction of sp³-hybridized carbons (Fsp3) is 0.500. The van der Waals surface area contributed by atoms with Crippen LogP contribution in [0.4, 0.5) is 0 Å². The first-order valence-corrected chi connectivity index (χ1v) is 7.34. The Labute approximate surface area is 124 Å². The van der Waals surface area contributed by atoms with E-state index in [1.165, 1.54) is 5.56 Å². The minimum absolute atomic E-state index is 0.0718. The highest BCUT2D eigenvalue weighted by molar-refractivity contribution is 5.81. The van der Waals surface area contributed by atoms with Gasteiger partial charge in [0.05, 0.1) is 13.0 Å². The monoisotopic (exact) mass is 291 g/mol. The van der Waals surface area contributed by atoms with E-state index in [9.17, 15) is 9.59 Å². The second-order valence-electron chi connectivity index (χ2n) is 5.24. The summed E-state index contributed by atoms with van der Waals surface area (Å²) in [6, 6.07) is 5.97. The number of fused-ring (bicyclic) bond motifs is 1. The van der Waals surface area contributed by atoms with Gasteiger partial charge in [0.15, 0.2) is 0 Å². The Morgan fingerprint density at radius 2 is 2.10 bits per heavy atom. The van der Waals surface area contributed by atoms with Crippen molar-refractivity contribution < 1.29 is 19.4 Å². The molecule has 0 saturated heterocycles. The molecular weight excluding hydrogens is 270 g/mol. The third-order valence-corrected chi connectivity index (χ3v) is 3.57. The molecule has 0 bridgehead atoms. The molecule has 1 N–H and O–H groups in total. The normalized spacial score (nSPS) is 13.7. The fourth-order valence-corrected chi connectivity index (χ4v) is 2.42. The van der Waals surface area contributed by atoms with Gasteiger partial charge in [-0.05, 0) is 36.1 Å². The summed E-state index contributed by atoms with van der Waals surface area (Å²) in [5.41, 5.74) is 2.33. The fourth-order valence-electron chi connectivity index (χ4n) is 2.42. The van der Waals surface area contributed by atoms with E-state index in [-0.39, 0.29) is 18.7 Å². The molecule has 1 amide bonds. The van der Waals surface area contributed by atoms with E-state index in [1.807, 2.05) is 18.2 Å². The van der Waals surface area contributed by atoms with Crippen LogP contribution in [-0.4, -0.2) is 35.0 Å². The van der Waals surface area contributed by atoms with Crippen LogP contribution in [0.3, 0.4) is 0 Å². The van der Waals surface area contributed by atoms with Gasteiger partial charge in [0, 0.05) is 19.5 Å². The average Bonchev–Trinajstić information content (AvgIpc) is 2.49. The maximum absolute atomic E-state index is 12.0. The Hall–Kier alpha value is -2.04. The van der Waals surface area contributed by atoms with Crippen molar-refractivity contribution in [2.45, 2.75) is 39.2 Å². The number of nitrogens with zero attached hydrogens (tertiary/aromatic N) is 1. The van der Waals surface area contributed by atoms with Gasteiger partial charge in [-0.2, -0.15) is 0 Å². The van der Waals surface area contributed by atoms with Crippen molar-refractivity contribution in [2.24, 2.45) is 0 Å². The summed E-state index contributed by atoms with van der Waals surface area (Å²) >= 11 is 0. The lowest BCUT2D eigenvalue weighted by molar-refractivity contribution is -0.141. The van der Waals surface area contributed by atoms with Gasteiger partial charge in [0.25, 0.3) is 0 Å².